The Balaban J connectivity index is 0.000000127. The zero-order valence-electron chi connectivity index (χ0n) is 77.6. The maximum Gasteiger partial charge on any atom is 0.481 e. The number of non-ortho nitro benzene ring substituents is 2. The number of fused-ring (bicyclic) bond motifs is 11. The van der Waals surface area contributed by atoms with Crippen molar-refractivity contribution in [2.24, 2.45) is 0 Å². The first-order chi connectivity index (χ1) is 70.7. The van der Waals surface area contributed by atoms with Crippen LogP contribution in [0.15, 0.2) is 365 Å². The van der Waals surface area contributed by atoms with E-state index in [9.17, 15) is 59.7 Å². The first-order valence-corrected chi connectivity index (χ1v) is 44.7. The Kier molecular flexibility index (Phi) is 31.7. The van der Waals surface area contributed by atoms with Crippen LogP contribution in [0.5, 0.6) is 0 Å². The molecule has 0 saturated carbocycles. The number of benzene rings is 14. The Morgan fingerprint density at radius 1 is 0.342 bits per heavy atom. The third kappa shape index (κ3) is 22.2. The number of aromatic nitrogens is 18. The number of nitrogens with zero attached hydrogens (tertiary/aromatic N) is 20. The Morgan fingerprint density at radius 2 is 0.839 bits per heavy atom. The van der Waals surface area contributed by atoms with Gasteiger partial charge in [0.05, 0.1) is 11.0 Å². The smallest absolute Gasteiger partial charge is 0.351 e. The van der Waals surface area contributed by atoms with Crippen LogP contribution in [0.3, 0.4) is 0 Å². The predicted molar refractivity (Wildman–Crippen MR) is 535 cm³/mol. The molecule has 0 spiro atoms. The van der Waals surface area contributed by atoms with Gasteiger partial charge in [0, 0.05) is 123 Å². The summed E-state index contributed by atoms with van der Waals surface area (Å²) in [6.07, 6.45) is -7.35. The molecule has 24 rings (SSSR count). The summed E-state index contributed by atoms with van der Waals surface area (Å²) in [6, 6.07) is 118. The number of hydrogen-bond acceptors (Lipinski definition) is 20. The molecule has 0 N–H and O–H groups in total. The van der Waals surface area contributed by atoms with Crippen LogP contribution in [-0.2, 0) is 78.2 Å². The molecule has 0 fully saturated rings. The molecular weight excluding hydrogens is 2450 g/mol. The van der Waals surface area contributed by atoms with Crippen molar-refractivity contribution in [3.63, 3.8) is 0 Å². The van der Waals surface area contributed by atoms with E-state index in [1.807, 2.05) is 122 Å². The molecule has 24 nitrogen and oxygen atoms in total. The molecule has 149 heavy (non-hydrogen) atoms. The number of rotatable bonds is 12. The van der Waals surface area contributed by atoms with Crippen LogP contribution in [0.25, 0.3) is 184 Å². The topological polar surface area (TPSA) is 302 Å². The predicted octanol–water partition coefficient (Wildman–Crippen LogP) is 26.5. The van der Waals surface area contributed by atoms with Gasteiger partial charge in [0.25, 0.3) is 0 Å². The van der Waals surface area contributed by atoms with Gasteiger partial charge in [-0.1, -0.05) is 258 Å². The number of nitro groups is 2. The summed E-state index contributed by atoms with van der Waals surface area (Å²) >= 11 is 0. The number of hydrogen-bond donors (Lipinski definition) is 0. The molecule has 9 heterocycles. The fourth-order valence-electron chi connectivity index (χ4n) is 17.0. The summed E-state index contributed by atoms with van der Waals surface area (Å²) in [5, 5.41) is 77.0. The number of para-hydroxylation sites is 2. The number of nitro benzene ring substituents is 2. The molecule has 14 aromatic carbocycles. The molecule has 0 saturated heterocycles. The van der Waals surface area contributed by atoms with Crippen molar-refractivity contribution in [3.05, 3.63) is 449 Å². The van der Waals surface area contributed by atoms with E-state index >= 15 is 0 Å². The van der Waals surface area contributed by atoms with E-state index in [0.717, 1.165) is 84.0 Å². The quantitative estimate of drug-likeness (QED) is 0.0475. The van der Waals surface area contributed by atoms with Crippen molar-refractivity contribution in [1.82, 2.24) is 90.3 Å². The van der Waals surface area contributed by atoms with E-state index < -0.39 is 39.5 Å². The van der Waals surface area contributed by atoms with Crippen molar-refractivity contribution >= 4 is 76.5 Å². The average Bonchev–Trinajstić information content (AvgIpc) is 1.54. The van der Waals surface area contributed by atoms with Gasteiger partial charge < -0.3 is 19.5 Å². The molecular formula is C113H69F9Ir3N20O4-6. The largest absolute Gasteiger partial charge is 0.481 e. The van der Waals surface area contributed by atoms with Gasteiger partial charge in [-0.2, -0.15) is 70.1 Å². The monoisotopic (exact) mass is 2520 g/mol. The van der Waals surface area contributed by atoms with E-state index in [-0.39, 0.29) is 132 Å². The zero-order valence-corrected chi connectivity index (χ0v) is 84.8. The number of pyridine rings is 4. The Morgan fingerprint density at radius 3 is 1.43 bits per heavy atom. The van der Waals surface area contributed by atoms with Gasteiger partial charge in [0.2, 0.25) is 17.5 Å². The van der Waals surface area contributed by atoms with Crippen LogP contribution in [0.4, 0.5) is 50.9 Å². The van der Waals surface area contributed by atoms with Crippen LogP contribution in [0.2, 0.25) is 0 Å². The molecule has 36 heteroatoms. The van der Waals surface area contributed by atoms with E-state index in [2.05, 4.69) is 220 Å². The third-order valence-electron chi connectivity index (χ3n) is 23.9. The molecule has 1 aliphatic carbocycles. The molecule has 741 valence electrons. The van der Waals surface area contributed by atoms with Crippen molar-refractivity contribution in [2.75, 3.05) is 0 Å². The Hall–Kier alpha value is -17.3. The SMILES string of the molecule is Cc1ccc(-c2[c-]ccc3c4ccccc4n(-c4ccccc4)c23)nc1.Cc1ccnc(-c2[c-]ccc3c2C(C)(C(F)(F)F)c2ccccc2-3)c1.FC(F)(F)c1ccc2c(c1)c1cc[c-]c(-c3ccccn3)c1n2C(F)(F)F.O=[N+]([O-])c1c[c-]c(-c2nnc(-c3ccccc3)nn2)cc1.O=[N+]([O-])c1c[c-]c(-c2nnc(-c3ccccn3)nn2)cc1.[Ir].[Ir].[Ir].[c-]1ccc2ccccc2c1-c1nnc(-c2cccc3ccccc23)nn1. The fourth-order valence-corrected chi connectivity index (χ4v) is 17.0. The third-order valence-corrected chi connectivity index (χ3v) is 23.9. The minimum Gasteiger partial charge on any atom is -0.351 e. The number of alkyl halides is 9. The van der Waals surface area contributed by atoms with Crippen LogP contribution < -0.4 is 0 Å². The second-order valence-electron chi connectivity index (χ2n) is 33.0. The molecule has 1 atom stereocenters. The van der Waals surface area contributed by atoms with Crippen LogP contribution in [0.1, 0.15) is 34.7 Å². The molecule has 3 radical (unpaired) electrons. The first kappa shape index (κ1) is 105. The van der Waals surface area contributed by atoms with Crippen molar-refractivity contribution in [3.8, 4) is 119 Å². The Labute approximate surface area is 882 Å². The maximum atomic E-state index is 14.2. The minimum absolute atomic E-state index is 0. The summed E-state index contributed by atoms with van der Waals surface area (Å²) in [5.41, 5.74) is 10.8. The summed E-state index contributed by atoms with van der Waals surface area (Å²) in [4.78, 5) is 37.3. The van der Waals surface area contributed by atoms with E-state index in [0.29, 0.717) is 68.6 Å². The van der Waals surface area contributed by atoms with Crippen LogP contribution >= 0.6 is 0 Å². The number of halogens is 9. The Bertz CT molecular complexity index is 8490. The van der Waals surface area contributed by atoms with Gasteiger partial charge in [-0.05, 0) is 141 Å². The fraction of sp³-hybridized carbons (Fsp3) is 0.0619. The number of aryl methyl sites for hydroxylation is 2. The molecule has 0 amide bonds. The van der Waals surface area contributed by atoms with Crippen molar-refractivity contribution < 1.29 is 110 Å². The van der Waals surface area contributed by atoms with Crippen molar-refractivity contribution in [1.29, 1.82) is 0 Å². The van der Waals surface area contributed by atoms with Gasteiger partial charge in [0.1, 0.15) is 23.2 Å². The van der Waals surface area contributed by atoms with E-state index in [1.54, 1.807) is 79.1 Å². The first-order valence-electron chi connectivity index (χ1n) is 44.7. The summed E-state index contributed by atoms with van der Waals surface area (Å²) in [6.45, 7) is 5.21. The standard InChI is InChI=1S/C24H17N2.C22H13N4.C21H15F3N.C19H9F6N2.C14H8N5O2.C13H7N6O2.3Ir/c1-17-14-15-22(25-16-17)21-12-7-11-20-19-10-5-6-13-23(19)26(24(20)21)18-8-3-2-4-9-18;1-3-11-17-15(7-1)9-5-13-19(17)21-23-25-22(26-24-21)20-14-6-10-16-8-2-4-12-18(16)20;1-13-10-11-25-18(12-13)16-8-5-7-15-14-6-3-4-9-17(14)20(2,19(15)16)21(22,23)24;20-18(21,22)11-7-8-16-14(10-11)12-4-3-5-13(15-6-1-2-9-26-15)17(12)27(16)19(23,24)25;20-19(21)12-8-6-11(7-9-12)14-17-15-13(16-18-14)10-4-2-1-3-5-10;20-19(21)10-6-4-9(5-7-10)12-15-17-13(18-16-12)11-3-1-2-8-14-11;;;/h2-11,13-16H,1H3;1-13H;3-7,9-12H,1-2H3;1-4,6-10H;1-6,8-9H;1-4,6-8H;;;/q6*-1;;;. The van der Waals surface area contributed by atoms with Crippen LogP contribution in [-0.4, -0.2) is 106 Å². The van der Waals surface area contributed by atoms with Crippen LogP contribution in [0, 0.1) is 70.5 Å². The van der Waals surface area contributed by atoms with Crippen molar-refractivity contribution in [2.45, 2.75) is 44.8 Å². The van der Waals surface area contributed by atoms with Gasteiger partial charge in [0.15, 0.2) is 11.4 Å². The minimum atomic E-state index is -4.83. The maximum absolute atomic E-state index is 14.2. The van der Waals surface area contributed by atoms with E-state index in [4.69, 9.17) is 0 Å². The van der Waals surface area contributed by atoms with Gasteiger partial charge in [-0.3, -0.25) is 29.8 Å². The van der Waals surface area contributed by atoms with Gasteiger partial charge >= 0.3 is 18.7 Å². The molecule has 23 aromatic rings. The molecule has 1 aliphatic rings. The second kappa shape index (κ2) is 45.2. The molecule has 9 aromatic heterocycles. The molecule has 0 aliphatic heterocycles. The zero-order chi connectivity index (χ0) is 101. The van der Waals surface area contributed by atoms with Gasteiger partial charge in [-0.15, -0.1) is 166 Å². The molecule has 0 bridgehead atoms. The summed E-state index contributed by atoms with van der Waals surface area (Å²) in [5.74, 6) is 2.23. The summed E-state index contributed by atoms with van der Waals surface area (Å²) in [7, 11) is 0. The normalized spacial score (nSPS) is 12.3. The average molecular weight is 2520 g/mol. The van der Waals surface area contributed by atoms with E-state index in [1.165, 1.54) is 84.0 Å². The van der Waals surface area contributed by atoms with Gasteiger partial charge in [-0.25, -0.2) is 0 Å². The summed E-state index contributed by atoms with van der Waals surface area (Å²) < 4.78 is 126. The second-order valence-corrected chi connectivity index (χ2v) is 33.0. The molecule has 1 unspecified atom stereocenters.